The maximum Gasteiger partial charge on any atom is 0.308 e. The second-order valence-corrected chi connectivity index (χ2v) is 4.85. The summed E-state index contributed by atoms with van der Waals surface area (Å²) >= 11 is 0. The van der Waals surface area contributed by atoms with Crippen LogP contribution in [0, 0.1) is 11.7 Å². The van der Waals surface area contributed by atoms with Gasteiger partial charge < -0.3 is 15.0 Å². The van der Waals surface area contributed by atoms with Crippen LogP contribution >= 0.6 is 0 Å². The molecule has 0 bridgehead atoms. The second-order valence-electron chi connectivity index (χ2n) is 4.85. The number of benzene rings is 1. The summed E-state index contributed by atoms with van der Waals surface area (Å²) in [7, 11) is 0. The molecule has 1 aromatic heterocycles. The van der Waals surface area contributed by atoms with Gasteiger partial charge in [0, 0.05) is 13.1 Å². The fourth-order valence-corrected chi connectivity index (χ4v) is 2.49. The van der Waals surface area contributed by atoms with Crippen molar-refractivity contribution in [2.75, 3.05) is 18.0 Å². The molecule has 1 unspecified atom stereocenters. The van der Waals surface area contributed by atoms with Crippen molar-refractivity contribution in [2.45, 2.75) is 12.8 Å². The van der Waals surface area contributed by atoms with Crippen LogP contribution in [0.1, 0.15) is 12.8 Å². The van der Waals surface area contributed by atoms with E-state index < -0.39 is 5.97 Å². The van der Waals surface area contributed by atoms with E-state index in [0.717, 1.165) is 13.0 Å². The first-order chi connectivity index (χ1) is 9.13. The Morgan fingerprint density at radius 3 is 3.16 bits per heavy atom. The molecule has 19 heavy (non-hydrogen) atoms. The summed E-state index contributed by atoms with van der Waals surface area (Å²) in [4.78, 5) is 20.4. The molecule has 2 N–H and O–H groups in total. The Hall–Kier alpha value is -2.11. The molecule has 0 aliphatic carbocycles. The number of nitrogens with zero attached hydrogens (tertiary/aromatic N) is 2. The van der Waals surface area contributed by atoms with Crippen molar-refractivity contribution in [3.05, 3.63) is 24.0 Å². The molecule has 0 radical (unpaired) electrons. The SMILES string of the molecule is O=C(O)C1CCCN(c2nc3ccc(F)cc3[nH]2)C1. The number of fused-ring (bicyclic) bond motifs is 1. The lowest BCUT2D eigenvalue weighted by Gasteiger charge is -2.30. The largest absolute Gasteiger partial charge is 0.481 e. The van der Waals surface area contributed by atoms with Crippen molar-refractivity contribution in [3.63, 3.8) is 0 Å². The Labute approximate surface area is 109 Å². The van der Waals surface area contributed by atoms with Crippen molar-refractivity contribution in [1.29, 1.82) is 0 Å². The van der Waals surface area contributed by atoms with Crippen molar-refractivity contribution in [3.8, 4) is 0 Å². The number of aromatic amines is 1. The number of rotatable bonds is 2. The molecular formula is C13H14FN3O2. The number of piperidine rings is 1. The van der Waals surface area contributed by atoms with Crippen LogP contribution in [0.5, 0.6) is 0 Å². The molecule has 1 aromatic carbocycles. The van der Waals surface area contributed by atoms with Crippen molar-refractivity contribution < 1.29 is 14.3 Å². The molecule has 0 saturated carbocycles. The van der Waals surface area contributed by atoms with Crippen LogP contribution in [-0.2, 0) is 4.79 Å². The molecule has 1 saturated heterocycles. The lowest BCUT2D eigenvalue weighted by Crippen LogP contribution is -2.39. The van der Waals surface area contributed by atoms with Gasteiger partial charge in [-0.1, -0.05) is 0 Å². The van der Waals surface area contributed by atoms with Gasteiger partial charge in [-0.25, -0.2) is 9.37 Å². The molecule has 3 rings (SSSR count). The maximum atomic E-state index is 13.1. The number of carboxylic acids is 1. The highest BCUT2D eigenvalue weighted by Crippen LogP contribution is 2.23. The smallest absolute Gasteiger partial charge is 0.308 e. The minimum Gasteiger partial charge on any atom is -0.481 e. The van der Waals surface area contributed by atoms with Gasteiger partial charge in [0.05, 0.1) is 17.0 Å². The standard InChI is InChI=1S/C13H14FN3O2/c14-9-3-4-10-11(6-9)16-13(15-10)17-5-1-2-8(7-17)12(18)19/h3-4,6,8H,1-2,5,7H2,(H,15,16)(H,18,19). The van der Waals surface area contributed by atoms with Gasteiger partial charge >= 0.3 is 5.97 Å². The third kappa shape index (κ3) is 2.25. The molecule has 5 nitrogen and oxygen atoms in total. The third-order valence-electron chi connectivity index (χ3n) is 3.50. The normalized spacial score (nSPS) is 19.8. The minimum absolute atomic E-state index is 0.315. The zero-order valence-electron chi connectivity index (χ0n) is 10.3. The Morgan fingerprint density at radius 1 is 1.53 bits per heavy atom. The van der Waals surface area contributed by atoms with Crippen molar-refractivity contribution in [2.24, 2.45) is 5.92 Å². The van der Waals surface area contributed by atoms with Crippen LogP contribution in [0.25, 0.3) is 11.0 Å². The van der Waals surface area contributed by atoms with Gasteiger partial charge in [-0.2, -0.15) is 0 Å². The fourth-order valence-electron chi connectivity index (χ4n) is 2.49. The summed E-state index contributed by atoms with van der Waals surface area (Å²) in [6, 6.07) is 4.37. The Morgan fingerprint density at radius 2 is 2.37 bits per heavy atom. The summed E-state index contributed by atoms with van der Waals surface area (Å²) in [5.41, 5.74) is 1.32. The molecule has 1 atom stereocenters. The van der Waals surface area contributed by atoms with Crippen molar-refractivity contribution >= 4 is 23.0 Å². The molecule has 1 aliphatic rings. The first-order valence-electron chi connectivity index (χ1n) is 6.26. The molecular weight excluding hydrogens is 249 g/mol. The summed E-state index contributed by atoms with van der Waals surface area (Å²) in [6.07, 6.45) is 1.52. The average molecular weight is 263 g/mol. The summed E-state index contributed by atoms with van der Waals surface area (Å²) in [6.45, 7) is 1.21. The Bertz CT molecular complexity index is 625. The number of carboxylic acid groups (broad SMARTS) is 1. The summed E-state index contributed by atoms with van der Waals surface area (Å²) in [5.74, 6) is -0.832. The van der Waals surface area contributed by atoms with Crippen LogP contribution in [-0.4, -0.2) is 34.1 Å². The fraction of sp³-hybridized carbons (Fsp3) is 0.385. The number of aromatic nitrogens is 2. The lowest BCUT2D eigenvalue weighted by molar-refractivity contribution is -0.141. The average Bonchev–Trinajstić information content (AvgIpc) is 2.81. The van der Waals surface area contributed by atoms with E-state index in [1.165, 1.54) is 12.1 Å². The minimum atomic E-state index is -0.771. The predicted molar refractivity (Wildman–Crippen MR) is 68.6 cm³/mol. The molecule has 2 aromatic rings. The molecule has 1 aliphatic heterocycles. The molecule has 100 valence electrons. The zero-order chi connectivity index (χ0) is 13.4. The number of hydrogen-bond acceptors (Lipinski definition) is 3. The van der Waals surface area contributed by atoms with Gasteiger partial charge in [0.1, 0.15) is 5.82 Å². The van der Waals surface area contributed by atoms with E-state index in [-0.39, 0.29) is 11.7 Å². The van der Waals surface area contributed by atoms with Crippen LogP contribution in [0.2, 0.25) is 0 Å². The van der Waals surface area contributed by atoms with Crippen LogP contribution in [0.15, 0.2) is 18.2 Å². The highest BCUT2D eigenvalue weighted by molar-refractivity contribution is 5.78. The number of imidazole rings is 1. The maximum absolute atomic E-state index is 13.1. The van der Waals surface area contributed by atoms with Crippen molar-refractivity contribution in [1.82, 2.24) is 9.97 Å². The van der Waals surface area contributed by atoms with E-state index in [0.29, 0.717) is 29.9 Å². The monoisotopic (exact) mass is 263 g/mol. The van der Waals surface area contributed by atoms with Crippen LogP contribution in [0.4, 0.5) is 10.3 Å². The number of anilines is 1. The van der Waals surface area contributed by atoms with Gasteiger partial charge in [-0.15, -0.1) is 0 Å². The van der Waals surface area contributed by atoms with Gasteiger partial charge in [0.15, 0.2) is 0 Å². The molecule has 6 heteroatoms. The number of aliphatic carboxylic acids is 1. The Balaban J connectivity index is 1.89. The topological polar surface area (TPSA) is 69.2 Å². The predicted octanol–water partition coefficient (Wildman–Crippen LogP) is 2.00. The molecule has 2 heterocycles. The number of carbonyl (C=O) groups is 1. The summed E-state index contributed by atoms with van der Waals surface area (Å²) < 4.78 is 13.1. The van der Waals surface area contributed by atoms with Crippen LogP contribution in [0.3, 0.4) is 0 Å². The third-order valence-corrected chi connectivity index (χ3v) is 3.50. The highest BCUT2D eigenvalue weighted by atomic mass is 19.1. The summed E-state index contributed by atoms with van der Waals surface area (Å²) in [5, 5.41) is 9.07. The lowest BCUT2D eigenvalue weighted by atomic mass is 9.99. The quantitative estimate of drug-likeness (QED) is 0.869. The van der Waals surface area contributed by atoms with E-state index in [1.807, 2.05) is 4.90 Å². The van der Waals surface area contributed by atoms with E-state index in [4.69, 9.17) is 5.11 Å². The zero-order valence-corrected chi connectivity index (χ0v) is 10.3. The highest BCUT2D eigenvalue weighted by Gasteiger charge is 2.26. The molecule has 0 spiro atoms. The first-order valence-corrected chi connectivity index (χ1v) is 6.26. The van der Waals surface area contributed by atoms with Gasteiger partial charge in [0.25, 0.3) is 0 Å². The van der Waals surface area contributed by atoms with E-state index >= 15 is 0 Å². The van der Waals surface area contributed by atoms with E-state index in [9.17, 15) is 9.18 Å². The van der Waals surface area contributed by atoms with Gasteiger partial charge in [-0.3, -0.25) is 4.79 Å². The Kier molecular flexibility index (Phi) is 2.85. The first kappa shape index (κ1) is 12.0. The van der Waals surface area contributed by atoms with Crippen LogP contribution < -0.4 is 4.90 Å². The van der Waals surface area contributed by atoms with E-state index in [2.05, 4.69) is 9.97 Å². The number of hydrogen-bond donors (Lipinski definition) is 2. The van der Waals surface area contributed by atoms with Gasteiger partial charge in [0.2, 0.25) is 5.95 Å². The molecule has 1 fully saturated rings. The number of nitrogens with one attached hydrogen (secondary N) is 1. The second kappa shape index (κ2) is 4.53. The van der Waals surface area contributed by atoms with E-state index in [1.54, 1.807) is 6.07 Å². The van der Waals surface area contributed by atoms with Gasteiger partial charge in [-0.05, 0) is 31.0 Å². The molecule has 0 amide bonds. The number of H-pyrrole nitrogens is 1. The number of halogens is 1.